The zero-order valence-electron chi connectivity index (χ0n) is 9.98. The molecule has 0 bridgehead atoms. The third-order valence-corrected chi connectivity index (χ3v) is 4.87. The van der Waals surface area contributed by atoms with Gasteiger partial charge >= 0.3 is 0 Å². The Morgan fingerprint density at radius 3 is 2.21 bits per heavy atom. The Hall–Kier alpha value is 0.0900. The van der Waals surface area contributed by atoms with Gasteiger partial charge in [0.1, 0.15) is 0 Å². The van der Waals surface area contributed by atoms with E-state index in [0.29, 0.717) is 6.54 Å². The van der Waals surface area contributed by atoms with Crippen LogP contribution in [0, 0.1) is 6.92 Å². The lowest BCUT2D eigenvalue weighted by Crippen LogP contribution is -2.04. The predicted molar refractivity (Wildman–Crippen MR) is 93.5 cm³/mol. The van der Waals surface area contributed by atoms with Crippen molar-refractivity contribution in [3.63, 3.8) is 0 Å². The van der Waals surface area contributed by atoms with Gasteiger partial charge in [0.15, 0.2) is 0 Å². The first-order valence-electron chi connectivity index (χ1n) is 5.47. The highest BCUT2D eigenvalue weighted by Crippen LogP contribution is 2.33. The number of aryl methyl sites for hydroxylation is 1. The van der Waals surface area contributed by atoms with Gasteiger partial charge in [0, 0.05) is 24.1 Å². The van der Waals surface area contributed by atoms with Gasteiger partial charge in [-0.3, -0.25) is 4.98 Å². The number of aromatic nitrogens is 1. The van der Waals surface area contributed by atoms with E-state index in [1.807, 2.05) is 6.07 Å². The zero-order chi connectivity index (χ0) is 14.0. The Kier molecular flexibility index (Phi) is 5.45. The lowest BCUT2D eigenvalue weighted by molar-refractivity contribution is 1.02. The number of hydrogen-bond acceptors (Lipinski definition) is 2. The van der Waals surface area contributed by atoms with Gasteiger partial charge in [-0.1, -0.05) is 0 Å². The maximum absolute atomic E-state index is 4.38. The summed E-state index contributed by atoms with van der Waals surface area (Å²) in [5, 5.41) is 3.38. The minimum Gasteiger partial charge on any atom is -0.378 e. The van der Waals surface area contributed by atoms with E-state index in [1.54, 1.807) is 6.20 Å². The smallest absolute Gasteiger partial charge is 0.0737 e. The van der Waals surface area contributed by atoms with Crippen LogP contribution in [-0.2, 0) is 6.54 Å². The molecule has 0 amide bonds. The van der Waals surface area contributed by atoms with Crippen LogP contribution in [-0.4, -0.2) is 4.98 Å². The fourth-order valence-electron chi connectivity index (χ4n) is 1.61. The van der Waals surface area contributed by atoms with Crippen LogP contribution >= 0.6 is 63.7 Å². The summed E-state index contributed by atoms with van der Waals surface area (Å²) in [6.07, 6.45) is 1.79. The maximum Gasteiger partial charge on any atom is 0.0737 e. The van der Waals surface area contributed by atoms with Crippen LogP contribution in [0.25, 0.3) is 0 Å². The first-order valence-corrected chi connectivity index (χ1v) is 8.64. The van der Waals surface area contributed by atoms with Crippen molar-refractivity contribution in [2.24, 2.45) is 0 Å². The molecule has 0 spiro atoms. The van der Waals surface area contributed by atoms with Crippen LogP contribution in [0.2, 0.25) is 0 Å². The molecule has 0 radical (unpaired) electrons. The number of benzene rings is 1. The molecule has 0 saturated carbocycles. The molecule has 0 fully saturated rings. The molecular weight excluding hydrogens is 504 g/mol. The summed E-state index contributed by atoms with van der Waals surface area (Å²) in [5.74, 6) is 0. The van der Waals surface area contributed by atoms with E-state index in [9.17, 15) is 0 Å². The minimum absolute atomic E-state index is 0.647. The second kappa shape index (κ2) is 6.70. The fourth-order valence-corrected chi connectivity index (χ4v) is 4.44. The molecule has 1 aromatic heterocycles. The van der Waals surface area contributed by atoms with E-state index < -0.39 is 0 Å². The Balaban J connectivity index is 2.19. The van der Waals surface area contributed by atoms with Crippen molar-refractivity contribution in [2.75, 3.05) is 5.32 Å². The van der Waals surface area contributed by atoms with E-state index in [-0.39, 0.29) is 0 Å². The highest BCUT2D eigenvalue weighted by molar-refractivity contribution is 9.11. The average molecular weight is 514 g/mol. The van der Waals surface area contributed by atoms with Gasteiger partial charge in [0.25, 0.3) is 0 Å². The lowest BCUT2D eigenvalue weighted by atomic mass is 10.2. The topological polar surface area (TPSA) is 24.9 Å². The quantitative estimate of drug-likeness (QED) is 0.540. The van der Waals surface area contributed by atoms with Gasteiger partial charge in [-0.2, -0.15) is 0 Å². The molecule has 0 unspecified atom stereocenters. The van der Waals surface area contributed by atoms with Gasteiger partial charge in [0.05, 0.1) is 17.9 Å². The Bertz CT molecular complexity index is 591. The summed E-state index contributed by atoms with van der Waals surface area (Å²) in [7, 11) is 0. The van der Waals surface area contributed by atoms with E-state index in [2.05, 4.69) is 93.1 Å². The molecule has 0 aliphatic rings. The van der Waals surface area contributed by atoms with Crippen molar-refractivity contribution >= 4 is 69.4 Å². The molecule has 1 heterocycles. The van der Waals surface area contributed by atoms with Crippen LogP contribution in [0.4, 0.5) is 5.69 Å². The largest absolute Gasteiger partial charge is 0.378 e. The van der Waals surface area contributed by atoms with Crippen molar-refractivity contribution in [1.29, 1.82) is 0 Å². The Morgan fingerprint density at radius 2 is 1.63 bits per heavy atom. The molecule has 100 valence electrons. The summed E-state index contributed by atoms with van der Waals surface area (Å²) in [6, 6.07) is 6.15. The van der Waals surface area contributed by atoms with E-state index in [0.717, 1.165) is 29.3 Å². The van der Waals surface area contributed by atoms with Crippen LogP contribution in [0.3, 0.4) is 0 Å². The molecule has 0 saturated heterocycles. The number of halogens is 4. The molecule has 0 atom stereocenters. The van der Waals surface area contributed by atoms with Crippen LogP contribution in [0.1, 0.15) is 11.3 Å². The first-order chi connectivity index (χ1) is 8.97. The molecule has 0 aliphatic heterocycles. The third kappa shape index (κ3) is 4.03. The predicted octanol–water partition coefficient (Wildman–Crippen LogP) is 6.05. The summed E-state index contributed by atoms with van der Waals surface area (Å²) >= 11 is 14.0. The highest BCUT2D eigenvalue weighted by Gasteiger charge is 2.08. The number of pyridine rings is 1. The fraction of sp³-hybridized carbons (Fsp3) is 0.154. The van der Waals surface area contributed by atoms with Gasteiger partial charge in [-0.25, -0.2) is 0 Å². The van der Waals surface area contributed by atoms with Gasteiger partial charge in [0.2, 0.25) is 0 Å². The standard InChI is InChI=1S/C13H10Br4N2/c1-7-2-10(16)13(11(17)3-7)19-6-12-9(15)4-8(14)5-18-12/h2-5,19H,6H2,1H3. The van der Waals surface area contributed by atoms with Gasteiger partial charge < -0.3 is 5.32 Å². The van der Waals surface area contributed by atoms with Gasteiger partial charge in [-0.15, -0.1) is 0 Å². The SMILES string of the molecule is Cc1cc(Br)c(NCc2ncc(Br)cc2Br)c(Br)c1. The van der Waals surface area contributed by atoms with Crippen LogP contribution in [0.5, 0.6) is 0 Å². The monoisotopic (exact) mass is 510 g/mol. The average Bonchev–Trinajstić information content (AvgIpc) is 2.30. The Morgan fingerprint density at radius 1 is 1.00 bits per heavy atom. The number of nitrogens with one attached hydrogen (secondary N) is 1. The van der Waals surface area contributed by atoms with Gasteiger partial charge in [-0.05, 0) is 94.4 Å². The summed E-state index contributed by atoms with van der Waals surface area (Å²) in [4.78, 5) is 4.38. The minimum atomic E-state index is 0.647. The van der Waals surface area contributed by atoms with Crippen molar-refractivity contribution in [3.05, 3.63) is 53.5 Å². The summed E-state index contributed by atoms with van der Waals surface area (Å²) in [5.41, 5.74) is 3.19. The molecule has 19 heavy (non-hydrogen) atoms. The lowest BCUT2D eigenvalue weighted by Gasteiger charge is -2.12. The number of anilines is 1. The molecule has 1 N–H and O–H groups in total. The second-order valence-corrected chi connectivity index (χ2v) is 7.52. The van der Waals surface area contributed by atoms with Crippen molar-refractivity contribution < 1.29 is 0 Å². The van der Waals surface area contributed by atoms with Crippen LogP contribution in [0.15, 0.2) is 42.3 Å². The van der Waals surface area contributed by atoms with E-state index >= 15 is 0 Å². The summed E-state index contributed by atoms with van der Waals surface area (Å²) in [6.45, 7) is 2.71. The molecule has 2 rings (SSSR count). The number of rotatable bonds is 3. The Labute approximate surface area is 145 Å². The molecule has 0 aliphatic carbocycles. The summed E-state index contributed by atoms with van der Waals surface area (Å²) < 4.78 is 4.01. The van der Waals surface area contributed by atoms with Crippen molar-refractivity contribution in [1.82, 2.24) is 4.98 Å². The maximum atomic E-state index is 4.38. The normalized spacial score (nSPS) is 10.6. The molecule has 6 heteroatoms. The molecule has 2 aromatic rings. The van der Waals surface area contributed by atoms with E-state index in [1.165, 1.54) is 5.56 Å². The molecular formula is C13H10Br4N2. The van der Waals surface area contributed by atoms with Crippen molar-refractivity contribution in [3.8, 4) is 0 Å². The molecule has 2 nitrogen and oxygen atoms in total. The first kappa shape index (κ1) is 15.5. The zero-order valence-corrected chi connectivity index (χ0v) is 16.3. The van der Waals surface area contributed by atoms with Crippen molar-refractivity contribution in [2.45, 2.75) is 13.5 Å². The molecule has 1 aromatic carbocycles. The van der Waals surface area contributed by atoms with Crippen LogP contribution < -0.4 is 5.32 Å². The highest BCUT2D eigenvalue weighted by atomic mass is 79.9. The number of nitrogens with zero attached hydrogens (tertiary/aromatic N) is 1. The second-order valence-electron chi connectivity index (χ2n) is 4.04. The number of hydrogen-bond donors (Lipinski definition) is 1. The third-order valence-electron chi connectivity index (χ3n) is 2.50. The van der Waals surface area contributed by atoms with E-state index in [4.69, 9.17) is 0 Å².